The number of rotatable bonds is 8. The van der Waals surface area contributed by atoms with E-state index >= 15 is 0 Å². The molecule has 1 aromatic rings. The Kier molecular flexibility index (Phi) is 7.72. The van der Waals surface area contributed by atoms with Crippen LogP contribution in [0.25, 0.3) is 0 Å². The van der Waals surface area contributed by atoms with Crippen LogP contribution in [0.5, 0.6) is 0 Å². The minimum atomic E-state index is 0.175. The highest BCUT2D eigenvalue weighted by atomic mass is 79.9. The highest BCUT2D eigenvalue weighted by molar-refractivity contribution is 9.10. The average Bonchev–Trinajstić information content (AvgIpc) is 2.41. The zero-order valence-corrected chi connectivity index (χ0v) is 13.4. The maximum Gasteiger partial charge on any atom is 0.228 e. The summed E-state index contributed by atoms with van der Waals surface area (Å²) in [5, 5.41) is 0. The molecule has 0 fully saturated rings. The number of unbranched alkanes of at least 4 members (excludes halogenated alkanes) is 4. The van der Waals surface area contributed by atoms with E-state index in [4.69, 9.17) is 0 Å². The smallest absolute Gasteiger partial charge is 0.228 e. The Hall–Kier alpha value is -0.900. The first kappa shape index (κ1) is 16.2. The summed E-state index contributed by atoms with van der Waals surface area (Å²) in [5.74, 6) is 0.915. The summed E-state index contributed by atoms with van der Waals surface area (Å²) in [6, 6.07) is 3.79. The van der Waals surface area contributed by atoms with E-state index in [0.717, 1.165) is 23.1 Å². The first-order valence-electron chi connectivity index (χ1n) is 7.11. The number of hydrogen-bond donors (Lipinski definition) is 0. The van der Waals surface area contributed by atoms with Gasteiger partial charge in [-0.15, -0.1) is 0 Å². The third-order valence-electron chi connectivity index (χ3n) is 3.10. The molecule has 0 aliphatic carbocycles. The second kappa shape index (κ2) is 9.08. The van der Waals surface area contributed by atoms with E-state index in [9.17, 15) is 4.79 Å². The Morgan fingerprint density at radius 2 is 1.95 bits per heavy atom. The third-order valence-corrected chi connectivity index (χ3v) is 3.57. The average molecular weight is 327 g/mol. The molecule has 0 N–H and O–H groups in total. The van der Waals surface area contributed by atoms with Crippen LogP contribution in [0, 0.1) is 0 Å². The Labute approximate surface area is 124 Å². The summed E-state index contributed by atoms with van der Waals surface area (Å²) in [6.45, 7) is 4.85. The summed E-state index contributed by atoms with van der Waals surface area (Å²) in [4.78, 5) is 18.2. The molecule has 0 aliphatic rings. The summed E-state index contributed by atoms with van der Waals surface area (Å²) in [5.41, 5.74) is 0. The standard InChI is InChI=1S/C15H23BrN2O/c1-3-5-6-7-8-9-15(19)18(4-2)14-11-10-13(16)12-17-14/h10-12H,3-9H2,1-2H3. The van der Waals surface area contributed by atoms with Gasteiger partial charge < -0.3 is 0 Å². The fraction of sp³-hybridized carbons (Fsp3) is 0.600. The molecule has 1 amide bonds. The summed E-state index contributed by atoms with van der Waals surface area (Å²) in [6.07, 6.45) is 8.20. The van der Waals surface area contributed by atoms with Crippen molar-refractivity contribution in [2.45, 2.75) is 52.4 Å². The van der Waals surface area contributed by atoms with Gasteiger partial charge in [-0.2, -0.15) is 0 Å². The van der Waals surface area contributed by atoms with Gasteiger partial charge in [0.05, 0.1) is 0 Å². The van der Waals surface area contributed by atoms with Gasteiger partial charge in [0.1, 0.15) is 5.82 Å². The van der Waals surface area contributed by atoms with Crippen molar-refractivity contribution in [2.24, 2.45) is 0 Å². The SMILES string of the molecule is CCCCCCCC(=O)N(CC)c1ccc(Br)cn1. The minimum Gasteiger partial charge on any atom is -0.297 e. The van der Waals surface area contributed by atoms with Crippen molar-refractivity contribution in [2.75, 3.05) is 11.4 Å². The largest absolute Gasteiger partial charge is 0.297 e. The van der Waals surface area contributed by atoms with E-state index in [-0.39, 0.29) is 5.91 Å². The number of carbonyl (C=O) groups is 1. The van der Waals surface area contributed by atoms with E-state index in [0.29, 0.717) is 13.0 Å². The van der Waals surface area contributed by atoms with Crippen molar-refractivity contribution in [3.63, 3.8) is 0 Å². The fourth-order valence-corrected chi connectivity index (χ4v) is 2.24. The molecular weight excluding hydrogens is 304 g/mol. The van der Waals surface area contributed by atoms with E-state index in [2.05, 4.69) is 27.8 Å². The van der Waals surface area contributed by atoms with Gasteiger partial charge >= 0.3 is 0 Å². The molecule has 0 saturated heterocycles. The molecular formula is C15H23BrN2O. The number of halogens is 1. The molecule has 106 valence electrons. The van der Waals surface area contributed by atoms with Gasteiger partial charge in [-0.1, -0.05) is 32.6 Å². The Morgan fingerprint density at radius 3 is 2.53 bits per heavy atom. The first-order chi connectivity index (χ1) is 9.19. The molecule has 1 rings (SSSR count). The second-order valence-corrected chi connectivity index (χ2v) is 5.55. The van der Waals surface area contributed by atoms with E-state index in [1.807, 2.05) is 19.1 Å². The molecule has 0 radical (unpaired) electrons. The Balaban J connectivity index is 2.45. The van der Waals surface area contributed by atoms with Crippen molar-refractivity contribution in [3.8, 4) is 0 Å². The lowest BCUT2D eigenvalue weighted by atomic mass is 10.1. The highest BCUT2D eigenvalue weighted by Crippen LogP contribution is 2.16. The number of pyridine rings is 1. The van der Waals surface area contributed by atoms with Crippen molar-refractivity contribution >= 4 is 27.7 Å². The molecule has 0 bridgehead atoms. The van der Waals surface area contributed by atoms with Crippen LogP contribution in [0.2, 0.25) is 0 Å². The summed E-state index contributed by atoms with van der Waals surface area (Å²) >= 11 is 3.35. The molecule has 1 heterocycles. The van der Waals surface area contributed by atoms with E-state index in [1.54, 1.807) is 11.1 Å². The summed E-state index contributed by atoms with van der Waals surface area (Å²) in [7, 11) is 0. The van der Waals surface area contributed by atoms with Crippen LogP contribution < -0.4 is 4.90 Å². The van der Waals surface area contributed by atoms with Crippen molar-refractivity contribution in [1.82, 2.24) is 4.98 Å². The second-order valence-electron chi connectivity index (χ2n) is 4.64. The van der Waals surface area contributed by atoms with Gasteiger partial charge in [-0.3, -0.25) is 9.69 Å². The van der Waals surface area contributed by atoms with Crippen LogP contribution in [0.3, 0.4) is 0 Å². The van der Waals surface area contributed by atoms with Crippen molar-refractivity contribution in [1.29, 1.82) is 0 Å². The predicted octanol–water partition coefficient (Wildman–Crippen LogP) is 4.56. The van der Waals surface area contributed by atoms with Crippen LogP contribution in [0.1, 0.15) is 52.4 Å². The minimum absolute atomic E-state index is 0.175. The topological polar surface area (TPSA) is 33.2 Å². The number of carbonyl (C=O) groups excluding carboxylic acids is 1. The lowest BCUT2D eigenvalue weighted by molar-refractivity contribution is -0.118. The monoisotopic (exact) mass is 326 g/mol. The normalized spacial score (nSPS) is 10.5. The van der Waals surface area contributed by atoms with Gasteiger partial charge in [0.15, 0.2) is 0 Å². The number of anilines is 1. The molecule has 3 nitrogen and oxygen atoms in total. The molecule has 0 atom stereocenters. The molecule has 1 aromatic heterocycles. The van der Waals surface area contributed by atoms with Crippen LogP contribution in [0.15, 0.2) is 22.8 Å². The highest BCUT2D eigenvalue weighted by Gasteiger charge is 2.14. The molecule has 0 aliphatic heterocycles. The first-order valence-corrected chi connectivity index (χ1v) is 7.90. The predicted molar refractivity (Wildman–Crippen MR) is 83.3 cm³/mol. The van der Waals surface area contributed by atoms with E-state index < -0.39 is 0 Å². The lowest BCUT2D eigenvalue weighted by Gasteiger charge is -2.19. The fourth-order valence-electron chi connectivity index (χ4n) is 2.01. The molecule has 19 heavy (non-hydrogen) atoms. The van der Waals surface area contributed by atoms with Gasteiger partial charge in [0, 0.05) is 23.6 Å². The van der Waals surface area contributed by atoms with E-state index in [1.165, 1.54) is 19.3 Å². The Morgan fingerprint density at radius 1 is 1.21 bits per heavy atom. The quantitative estimate of drug-likeness (QED) is 0.656. The summed E-state index contributed by atoms with van der Waals surface area (Å²) < 4.78 is 0.930. The number of aromatic nitrogens is 1. The van der Waals surface area contributed by atoms with Crippen LogP contribution in [0.4, 0.5) is 5.82 Å². The molecule has 0 aromatic carbocycles. The Bertz CT molecular complexity index is 378. The van der Waals surface area contributed by atoms with Gasteiger partial charge in [-0.25, -0.2) is 4.98 Å². The lowest BCUT2D eigenvalue weighted by Crippen LogP contribution is -2.31. The molecule has 0 spiro atoms. The molecule has 0 saturated carbocycles. The number of hydrogen-bond acceptors (Lipinski definition) is 2. The zero-order chi connectivity index (χ0) is 14.1. The maximum absolute atomic E-state index is 12.2. The zero-order valence-electron chi connectivity index (χ0n) is 11.9. The number of nitrogens with zero attached hydrogens (tertiary/aromatic N) is 2. The van der Waals surface area contributed by atoms with Crippen molar-refractivity contribution in [3.05, 3.63) is 22.8 Å². The van der Waals surface area contributed by atoms with Crippen molar-refractivity contribution < 1.29 is 4.79 Å². The van der Waals surface area contributed by atoms with Gasteiger partial charge in [-0.05, 0) is 41.4 Å². The van der Waals surface area contributed by atoms with Crippen LogP contribution in [-0.2, 0) is 4.79 Å². The third kappa shape index (κ3) is 5.72. The van der Waals surface area contributed by atoms with Gasteiger partial charge in [0.2, 0.25) is 5.91 Å². The number of amides is 1. The molecule has 4 heteroatoms. The maximum atomic E-state index is 12.2. The van der Waals surface area contributed by atoms with Crippen LogP contribution in [-0.4, -0.2) is 17.4 Å². The van der Waals surface area contributed by atoms with Crippen LogP contribution >= 0.6 is 15.9 Å². The molecule has 0 unspecified atom stereocenters. The van der Waals surface area contributed by atoms with Gasteiger partial charge in [0.25, 0.3) is 0 Å².